The number of nitrogens with zero attached hydrogens (tertiary/aromatic N) is 3. The summed E-state index contributed by atoms with van der Waals surface area (Å²) in [6.45, 7) is 1.95. The zero-order chi connectivity index (χ0) is 13.0. The molecule has 1 heterocycles. The van der Waals surface area contributed by atoms with Crippen molar-refractivity contribution in [3.63, 3.8) is 0 Å². The number of rotatable bonds is 2. The summed E-state index contributed by atoms with van der Waals surface area (Å²) in [7, 11) is 0. The normalized spacial score (nSPS) is 9.28. The van der Waals surface area contributed by atoms with E-state index in [1.54, 1.807) is 24.3 Å². The first-order valence-electron chi connectivity index (χ1n) is 5.37. The third kappa shape index (κ3) is 2.45. The Morgan fingerprint density at radius 3 is 2.39 bits per heavy atom. The Kier molecular flexibility index (Phi) is 3.22. The molecule has 4 heteroatoms. The number of pyridine rings is 1. The smallest absolute Gasteiger partial charge is 0.130 e. The van der Waals surface area contributed by atoms with Gasteiger partial charge in [-0.15, -0.1) is 0 Å². The third-order valence-corrected chi connectivity index (χ3v) is 2.52. The maximum atomic E-state index is 8.86. The van der Waals surface area contributed by atoms with Gasteiger partial charge in [-0.2, -0.15) is 10.5 Å². The predicted molar refractivity (Wildman–Crippen MR) is 68.1 cm³/mol. The van der Waals surface area contributed by atoms with Crippen molar-refractivity contribution in [3.8, 4) is 12.1 Å². The highest BCUT2D eigenvalue weighted by atomic mass is 15.0. The maximum absolute atomic E-state index is 8.86. The van der Waals surface area contributed by atoms with Crippen LogP contribution < -0.4 is 5.32 Å². The second-order valence-corrected chi connectivity index (χ2v) is 3.81. The molecule has 0 bridgehead atoms. The molecule has 0 atom stereocenters. The van der Waals surface area contributed by atoms with Crippen LogP contribution in [0.1, 0.15) is 16.7 Å². The molecule has 0 unspecified atom stereocenters. The van der Waals surface area contributed by atoms with Crippen molar-refractivity contribution in [1.29, 1.82) is 10.5 Å². The summed E-state index contributed by atoms with van der Waals surface area (Å²) in [5.74, 6) is 0.646. The van der Waals surface area contributed by atoms with Gasteiger partial charge in [0.2, 0.25) is 0 Å². The average Bonchev–Trinajstić information content (AvgIpc) is 2.42. The van der Waals surface area contributed by atoms with Gasteiger partial charge in [0.05, 0.1) is 17.2 Å². The first kappa shape index (κ1) is 11.6. The van der Waals surface area contributed by atoms with E-state index in [4.69, 9.17) is 10.5 Å². The summed E-state index contributed by atoms with van der Waals surface area (Å²) in [4.78, 5) is 4.12. The SMILES string of the molecule is Cc1ccc(C#N)cc1Nc1ccc(C#N)cn1. The molecule has 1 aromatic heterocycles. The number of anilines is 2. The topological polar surface area (TPSA) is 72.5 Å². The minimum Gasteiger partial charge on any atom is -0.340 e. The van der Waals surface area contributed by atoms with Crippen LogP contribution in [0.5, 0.6) is 0 Å². The fourth-order valence-electron chi connectivity index (χ4n) is 1.50. The standard InChI is InChI=1S/C14H10N4/c1-10-2-3-11(7-15)6-13(10)18-14-5-4-12(8-16)9-17-14/h2-6,9H,1H3,(H,17,18). The number of hydrogen-bond donors (Lipinski definition) is 1. The highest BCUT2D eigenvalue weighted by Gasteiger charge is 2.02. The zero-order valence-electron chi connectivity index (χ0n) is 9.81. The van der Waals surface area contributed by atoms with Gasteiger partial charge in [0.25, 0.3) is 0 Å². The largest absolute Gasteiger partial charge is 0.340 e. The molecule has 1 N–H and O–H groups in total. The Morgan fingerprint density at radius 2 is 1.78 bits per heavy atom. The summed E-state index contributed by atoms with van der Waals surface area (Å²) >= 11 is 0. The molecule has 2 aromatic rings. The second-order valence-electron chi connectivity index (χ2n) is 3.81. The van der Waals surface area contributed by atoms with Gasteiger partial charge in [-0.25, -0.2) is 4.98 Å². The summed E-state index contributed by atoms with van der Waals surface area (Å²) in [5, 5.41) is 20.7. The maximum Gasteiger partial charge on any atom is 0.130 e. The zero-order valence-corrected chi connectivity index (χ0v) is 9.81. The fraction of sp³-hybridized carbons (Fsp3) is 0.0714. The summed E-state index contributed by atoms with van der Waals surface area (Å²) in [5.41, 5.74) is 2.98. The van der Waals surface area contributed by atoms with E-state index in [1.165, 1.54) is 6.20 Å². The Hall–Kier alpha value is -2.85. The van der Waals surface area contributed by atoms with E-state index in [2.05, 4.69) is 16.4 Å². The van der Waals surface area contributed by atoms with Gasteiger partial charge in [0.15, 0.2) is 0 Å². The molecular weight excluding hydrogens is 224 g/mol. The van der Waals surface area contributed by atoms with Gasteiger partial charge in [-0.1, -0.05) is 6.07 Å². The molecular formula is C14H10N4. The Labute approximate surface area is 105 Å². The van der Waals surface area contributed by atoms with Crippen molar-refractivity contribution >= 4 is 11.5 Å². The quantitative estimate of drug-likeness (QED) is 0.867. The minimum absolute atomic E-state index is 0.517. The summed E-state index contributed by atoms with van der Waals surface area (Å²) in [6.07, 6.45) is 1.51. The number of aryl methyl sites for hydroxylation is 1. The van der Waals surface area contributed by atoms with Crippen LogP contribution in [0.4, 0.5) is 11.5 Å². The van der Waals surface area contributed by atoms with Gasteiger partial charge in [-0.05, 0) is 36.8 Å². The Morgan fingerprint density at radius 1 is 1.06 bits per heavy atom. The minimum atomic E-state index is 0.517. The molecule has 18 heavy (non-hydrogen) atoms. The van der Waals surface area contributed by atoms with Crippen molar-refractivity contribution in [3.05, 3.63) is 53.2 Å². The fourth-order valence-corrected chi connectivity index (χ4v) is 1.50. The van der Waals surface area contributed by atoms with Crippen LogP contribution >= 0.6 is 0 Å². The van der Waals surface area contributed by atoms with Gasteiger partial charge in [-0.3, -0.25) is 0 Å². The number of benzene rings is 1. The molecule has 2 rings (SSSR count). The molecule has 0 saturated heterocycles. The van der Waals surface area contributed by atoms with E-state index in [0.29, 0.717) is 16.9 Å². The molecule has 0 aliphatic carbocycles. The number of hydrogen-bond acceptors (Lipinski definition) is 4. The lowest BCUT2D eigenvalue weighted by Gasteiger charge is -2.08. The molecule has 0 fully saturated rings. The van der Waals surface area contributed by atoms with E-state index < -0.39 is 0 Å². The van der Waals surface area contributed by atoms with E-state index in [9.17, 15) is 0 Å². The van der Waals surface area contributed by atoms with Gasteiger partial charge < -0.3 is 5.32 Å². The highest BCUT2D eigenvalue weighted by molar-refractivity contribution is 5.62. The predicted octanol–water partition coefficient (Wildman–Crippen LogP) is 2.88. The monoisotopic (exact) mass is 234 g/mol. The van der Waals surface area contributed by atoms with Crippen molar-refractivity contribution in [2.24, 2.45) is 0 Å². The number of nitrogens with one attached hydrogen (secondary N) is 1. The average molecular weight is 234 g/mol. The van der Waals surface area contributed by atoms with Crippen LogP contribution in [0.25, 0.3) is 0 Å². The third-order valence-electron chi connectivity index (χ3n) is 2.52. The number of nitriles is 2. The van der Waals surface area contributed by atoms with Gasteiger partial charge in [0, 0.05) is 11.9 Å². The van der Waals surface area contributed by atoms with E-state index in [0.717, 1.165) is 11.3 Å². The van der Waals surface area contributed by atoms with E-state index in [1.807, 2.05) is 19.1 Å². The second kappa shape index (κ2) is 4.99. The van der Waals surface area contributed by atoms with Crippen LogP contribution in [-0.2, 0) is 0 Å². The van der Waals surface area contributed by atoms with Crippen LogP contribution in [0.15, 0.2) is 36.5 Å². The lowest BCUT2D eigenvalue weighted by molar-refractivity contribution is 1.28. The molecule has 0 radical (unpaired) electrons. The van der Waals surface area contributed by atoms with Crippen LogP contribution in [-0.4, -0.2) is 4.98 Å². The summed E-state index contributed by atoms with van der Waals surface area (Å²) in [6, 6.07) is 13.0. The van der Waals surface area contributed by atoms with Crippen LogP contribution in [0.3, 0.4) is 0 Å². The Balaban J connectivity index is 2.28. The van der Waals surface area contributed by atoms with Crippen molar-refractivity contribution in [1.82, 2.24) is 4.98 Å². The lowest BCUT2D eigenvalue weighted by atomic mass is 10.1. The Bertz CT molecular complexity index is 645. The van der Waals surface area contributed by atoms with Crippen molar-refractivity contribution in [2.75, 3.05) is 5.32 Å². The van der Waals surface area contributed by atoms with Crippen molar-refractivity contribution in [2.45, 2.75) is 6.92 Å². The van der Waals surface area contributed by atoms with Crippen molar-refractivity contribution < 1.29 is 0 Å². The highest BCUT2D eigenvalue weighted by Crippen LogP contribution is 2.20. The molecule has 0 aliphatic rings. The molecule has 0 amide bonds. The number of aromatic nitrogens is 1. The first-order chi connectivity index (χ1) is 8.72. The lowest BCUT2D eigenvalue weighted by Crippen LogP contribution is -1.96. The van der Waals surface area contributed by atoms with E-state index in [-0.39, 0.29) is 0 Å². The van der Waals surface area contributed by atoms with Crippen LogP contribution in [0.2, 0.25) is 0 Å². The first-order valence-corrected chi connectivity index (χ1v) is 5.37. The molecule has 0 spiro atoms. The van der Waals surface area contributed by atoms with Gasteiger partial charge >= 0.3 is 0 Å². The van der Waals surface area contributed by atoms with Gasteiger partial charge in [0.1, 0.15) is 11.9 Å². The molecule has 1 aromatic carbocycles. The molecule has 0 saturated carbocycles. The van der Waals surface area contributed by atoms with E-state index >= 15 is 0 Å². The molecule has 4 nitrogen and oxygen atoms in total. The summed E-state index contributed by atoms with van der Waals surface area (Å²) < 4.78 is 0. The van der Waals surface area contributed by atoms with Crippen LogP contribution in [0, 0.1) is 29.6 Å². The molecule has 86 valence electrons. The molecule has 0 aliphatic heterocycles.